The fraction of sp³-hybridized carbons (Fsp3) is 0.350. The fourth-order valence-corrected chi connectivity index (χ4v) is 3.64. The van der Waals surface area contributed by atoms with Gasteiger partial charge in [0.1, 0.15) is 11.5 Å². The number of furan rings is 1. The number of nitrogens with zero attached hydrogens (tertiary/aromatic N) is 1. The normalized spacial score (nSPS) is 15.7. The SMILES string of the molecule is Cc1c(C(=O)Oc2ccc(Cl)cc2Cl)oc2c1/C(=N/NC(=O)C(F)(F)C(F)(F)C(F)(F)F)CCC2. The van der Waals surface area contributed by atoms with Gasteiger partial charge in [-0.2, -0.15) is 35.8 Å². The number of hydrogen-bond acceptors (Lipinski definition) is 5. The molecule has 0 radical (unpaired) electrons. The Kier molecular flexibility index (Phi) is 7.15. The number of fused-ring (bicyclic) bond motifs is 1. The Bertz CT molecular complexity index is 1210. The number of carbonyl (C=O) groups excluding carboxylic acids is 2. The van der Waals surface area contributed by atoms with Gasteiger partial charge >= 0.3 is 29.9 Å². The molecule has 0 atom stereocenters. The Labute approximate surface area is 202 Å². The Balaban J connectivity index is 1.86. The van der Waals surface area contributed by atoms with Crippen LogP contribution in [0.4, 0.5) is 30.7 Å². The summed E-state index contributed by atoms with van der Waals surface area (Å²) >= 11 is 11.7. The first-order chi connectivity index (χ1) is 16.1. The zero-order chi connectivity index (χ0) is 26.3. The highest BCUT2D eigenvalue weighted by molar-refractivity contribution is 6.35. The number of ether oxygens (including phenoxy) is 1. The maximum atomic E-state index is 13.5. The first kappa shape index (κ1) is 26.8. The number of carbonyl (C=O) groups is 2. The third kappa shape index (κ3) is 4.96. The molecule has 1 heterocycles. The summed E-state index contributed by atoms with van der Waals surface area (Å²) in [4.78, 5) is 24.1. The average molecular weight is 549 g/mol. The molecular weight excluding hydrogens is 536 g/mol. The van der Waals surface area contributed by atoms with Crippen molar-refractivity contribution in [2.75, 3.05) is 0 Å². The Morgan fingerprint density at radius 2 is 1.74 bits per heavy atom. The molecule has 1 aromatic heterocycles. The Morgan fingerprint density at radius 3 is 2.34 bits per heavy atom. The molecule has 15 heteroatoms. The van der Waals surface area contributed by atoms with Crippen LogP contribution in [0.5, 0.6) is 5.75 Å². The second kappa shape index (κ2) is 9.34. The van der Waals surface area contributed by atoms with Crippen LogP contribution in [0.25, 0.3) is 0 Å². The number of halogens is 9. The van der Waals surface area contributed by atoms with E-state index in [9.17, 15) is 40.3 Å². The number of aryl methyl sites for hydroxylation is 1. The number of alkyl halides is 7. The van der Waals surface area contributed by atoms with Gasteiger partial charge in [-0.05, 0) is 38.0 Å². The molecule has 190 valence electrons. The van der Waals surface area contributed by atoms with Crippen LogP contribution in [0, 0.1) is 6.92 Å². The molecule has 0 bridgehead atoms. The standard InChI is InChI=1S/C20H13Cl2F7N2O4/c1-8-14-11(30-31-17(33)18(23,24)19(25,26)20(27,28)29)3-2-4-13(14)34-15(8)16(32)35-12-6-5-9(21)7-10(12)22/h5-7H,2-4H2,1H3,(H,31,33)/b30-11+. The largest absolute Gasteiger partial charge is 0.460 e. The number of benzene rings is 1. The summed E-state index contributed by atoms with van der Waals surface area (Å²) in [5.74, 6) is -17.0. The Morgan fingerprint density at radius 1 is 1.09 bits per heavy atom. The van der Waals surface area contributed by atoms with E-state index in [1.807, 2.05) is 0 Å². The summed E-state index contributed by atoms with van der Waals surface area (Å²) in [6.07, 6.45) is -6.14. The van der Waals surface area contributed by atoms with E-state index in [2.05, 4.69) is 5.10 Å². The van der Waals surface area contributed by atoms with Crippen LogP contribution in [-0.4, -0.2) is 35.6 Å². The van der Waals surface area contributed by atoms with E-state index in [1.54, 1.807) is 0 Å². The zero-order valence-corrected chi connectivity index (χ0v) is 18.8. The quantitative estimate of drug-likeness (QED) is 0.212. The lowest BCUT2D eigenvalue weighted by Gasteiger charge is -2.26. The second-order valence-electron chi connectivity index (χ2n) is 7.32. The molecule has 1 aliphatic rings. The highest BCUT2D eigenvalue weighted by atomic mass is 35.5. The van der Waals surface area contributed by atoms with Crippen molar-refractivity contribution in [2.45, 2.75) is 44.2 Å². The molecule has 0 saturated carbocycles. The minimum atomic E-state index is -6.68. The van der Waals surface area contributed by atoms with Crippen molar-refractivity contribution in [3.63, 3.8) is 0 Å². The van der Waals surface area contributed by atoms with Gasteiger partial charge in [-0.1, -0.05) is 23.2 Å². The summed E-state index contributed by atoms with van der Waals surface area (Å²) < 4.78 is 101. The first-order valence-corrected chi connectivity index (χ1v) is 10.3. The number of esters is 1. The maximum absolute atomic E-state index is 13.5. The molecule has 1 aliphatic carbocycles. The van der Waals surface area contributed by atoms with Gasteiger partial charge in [-0.3, -0.25) is 4.79 Å². The lowest BCUT2D eigenvalue weighted by Crippen LogP contribution is -2.58. The lowest BCUT2D eigenvalue weighted by atomic mass is 9.93. The highest BCUT2D eigenvalue weighted by Gasteiger charge is 2.76. The van der Waals surface area contributed by atoms with Gasteiger partial charge < -0.3 is 9.15 Å². The van der Waals surface area contributed by atoms with Gasteiger partial charge in [0.15, 0.2) is 0 Å². The fourth-order valence-electron chi connectivity index (χ4n) is 3.19. The van der Waals surface area contributed by atoms with Crippen LogP contribution in [0.1, 0.15) is 40.3 Å². The van der Waals surface area contributed by atoms with E-state index in [0.29, 0.717) is 0 Å². The summed E-state index contributed by atoms with van der Waals surface area (Å²) in [5, 5.41) is 3.61. The monoisotopic (exact) mass is 548 g/mol. The van der Waals surface area contributed by atoms with Gasteiger partial charge in [-0.25, -0.2) is 10.2 Å². The van der Waals surface area contributed by atoms with Crippen molar-refractivity contribution in [3.05, 3.63) is 50.9 Å². The summed E-state index contributed by atoms with van der Waals surface area (Å²) in [7, 11) is 0. The summed E-state index contributed by atoms with van der Waals surface area (Å²) in [6.45, 7) is 1.37. The number of hydrogen-bond donors (Lipinski definition) is 1. The smallest absolute Gasteiger partial charge is 0.453 e. The molecule has 0 saturated heterocycles. The second-order valence-corrected chi connectivity index (χ2v) is 8.16. The highest BCUT2D eigenvalue weighted by Crippen LogP contribution is 2.46. The average Bonchev–Trinajstić information content (AvgIpc) is 3.10. The third-order valence-corrected chi connectivity index (χ3v) is 5.47. The van der Waals surface area contributed by atoms with Gasteiger partial charge in [0.05, 0.1) is 10.7 Å². The number of amides is 1. The van der Waals surface area contributed by atoms with Crippen LogP contribution in [0.3, 0.4) is 0 Å². The summed E-state index contributed by atoms with van der Waals surface area (Å²) in [5.41, 5.74) is 1.09. The molecule has 1 N–H and O–H groups in total. The molecular formula is C20H13Cl2F7N2O4. The van der Waals surface area contributed by atoms with E-state index < -0.39 is 29.9 Å². The number of hydrazone groups is 1. The molecule has 0 fully saturated rings. The van der Waals surface area contributed by atoms with Crippen molar-refractivity contribution in [2.24, 2.45) is 5.10 Å². The molecule has 1 aromatic carbocycles. The third-order valence-electron chi connectivity index (χ3n) is 4.94. The Hall–Kier alpha value is -2.80. The predicted molar refractivity (Wildman–Crippen MR) is 108 cm³/mol. The molecule has 3 rings (SSSR count). The predicted octanol–water partition coefficient (Wildman–Crippen LogP) is 6.10. The molecule has 35 heavy (non-hydrogen) atoms. The van der Waals surface area contributed by atoms with Gasteiger partial charge in [0, 0.05) is 22.6 Å². The van der Waals surface area contributed by atoms with Gasteiger partial charge in [-0.15, -0.1) is 0 Å². The van der Waals surface area contributed by atoms with Crippen molar-refractivity contribution in [1.29, 1.82) is 0 Å². The van der Waals surface area contributed by atoms with Crippen molar-refractivity contribution in [3.8, 4) is 5.75 Å². The maximum Gasteiger partial charge on any atom is 0.460 e. The summed E-state index contributed by atoms with van der Waals surface area (Å²) in [6, 6.07) is 4.04. The number of rotatable bonds is 5. The van der Waals surface area contributed by atoms with Crippen molar-refractivity contribution in [1.82, 2.24) is 5.43 Å². The zero-order valence-electron chi connectivity index (χ0n) is 17.3. The molecule has 0 unspecified atom stereocenters. The molecule has 0 spiro atoms. The topological polar surface area (TPSA) is 80.9 Å². The molecule has 1 amide bonds. The van der Waals surface area contributed by atoms with Crippen LogP contribution >= 0.6 is 23.2 Å². The van der Waals surface area contributed by atoms with Crippen molar-refractivity contribution >= 4 is 40.8 Å². The van der Waals surface area contributed by atoms with E-state index >= 15 is 0 Å². The van der Waals surface area contributed by atoms with Crippen LogP contribution in [0.2, 0.25) is 10.0 Å². The minimum absolute atomic E-state index is 0.00634. The van der Waals surface area contributed by atoms with Gasteiger partial charge in [0.2, 0.25) is 5.76 Å². The van der Waals surface area contributed by atoms with Crippen LogP contribution in [0.15, 0.2) is 27.7 Å². The van der Waals surface area contributed by atoms with Crippen molar-refractivity contribution < 1.29 is 49.5 Å². The first-order valence-electron chi connectivity index (χ1n) is 9.57. The molecule has 2 aromatic rings. The number of nitrogens with one attached hydrogen (secondary N) is 1. The molecule has 0 aliphatic heterocycles. The lowest BCUT2D eigenvalue weighted by molar-refractivity contribution is -0.344. The van der Waals surface area contributed by atoms with E-state index in [-0.39, 0.29) is 63.4 Å². The molecule has 6 nitrogen and oxygen atoms in total. The van der Waals surface area contributed by atoms with E-state index in [4.69, 9.17) is 32.4 Å². The van der Waals surface area contributed by atoms with Gasteiger partial charge in [0.25, 0.3) is 0 Å². The van der Waals surface area contributed by atoms with Crippen LogP contribution < -0.4 is 10.2 Å². The van der Waals surface area contributed by atoms with Crippen LogP contribution in [-0.2, 0) is 11.2 Å². The van der Waals surface area contributed by atoms with E-state index in [1.165, 1.54) is 25.1 Å². The minimum Gasteiger partial charge on any atom is -0.453 e. The van der Waals surface area contributed by atoms with E-state index in [0.717, 1.165) is 5.43 Å².